The second-order valence-corrected chi connectivity index (χ2v) is 11.4. The van der Waals surface area contributed by atoms with Crippen LogP contribution in [0.4, 0.5) is 0 Å². The summed E-state index contributed by atoms with van der Waals surface area (Å²) < 4.78 is 27.1. The summed E-state index contributed by atoms with van der Waals surface area (Å²) in [5.41, 5.74) is -0.0550. The molecule has 0 aliphatic heterocycles. The van der Waals surface area contributed by atoms with Crippen LogP contribution in [0.3, 0.4) is 0 Å². The Morgan fingerprint density at radius 1 is 0.477 bits per heavy atom. The number of carboxylic acids is 1. The van der Waals surface area contributed by atoms with E-state index in [1.54, 1.807) is 12.1 Å². The number of carbonyl (C=O) groups is 2. The first-order valence-corrected chi connectivity index (χ1v) is 17.5. The molecule has 1 N–H and O–H groups in total. The lowest BCUT2D eigenvalue weighted by Crippen LogP contribution is -2.16. The Morgan fingerprint density at radius 2 is 0.818 bits per heavy atom. The summed E-state index contributed by atoms with van der Waals surface area (Å²) in [6, 6.07) is 5.95. The van der Waals surface area contributed by atoms with Crippen LogP contribution >= 0.6 is 0 Å². The van der Waals surface area contributed by atoms with Gasteiger partial charge in [-0.25, -0.2) is 9.59 Å². The van der Waals surface area contributed by atoms with Crippen molar-refractivity contribution in [3.8, 4) is 0 Å². The lowest BCUT2D eigenvalue weighted by atomic mass is 10.0. The number of hydrogen-bond acceptors (Lipinski definition) is 7. The van der Waals surface area contributed by atoms with E-state index in [0.29, 0.717) is 39.6 Å². The summed E-state index contributed by atoms with van der Waals surface area (Å²) in [5, 5.41) is 9.14. The van der Waals surface area contributed by atoms with Crippen molar-refractivity contribution in [2.24, 2.45) is 0 Å². The monoisotopic (exact) mass is 622 g/mol. The number of ether oxygens (including phenoxy) is 5. The third kappa shape index (κ3) is 24.3. The Kier molecular flexibility index (Phi) is 28.2. The van der Waals surface area contributed by atoms with Crippen LogP contribution in [0.5, 0.6) is 0 Å². The first-order valence-electron chi connectivity index (χ1n) is 17.5. The zero-order valence-electron chi connectivity index (χ0n) is 27.7. The summed E-state index contributed by atoms with van der Waals surface area (Å²) in [7, 11) is 0. The van der Waals surface area contributed by atoms with Crippen molar-refractivity contribution < 1.29 is 38.4 Å². The van der Waals surface area contributed by atoms with Gasteiger partial charge < -0.3 is 28.8 Å². The molecule has 1 aromatic carbocycles. The van der Waals surface area contributed by atoms with E-state index in [9.17, 15) is 9.59 Å². The third-order valence-corrected chi connectivity index (χ3v) is 7.60. The highest BCUT2D eigenvalue weighted by Gasteiger charge is 2.16. The molecule has 44 heavy (non-hydrogen) atoms. The zero-order valence-corrected chi connectivity index (χ0v) is 27.7. The number of carbonyl (C=O) groups excluding carboxylic acids is 1. The van der Waals surface area contributed by atoms with Crippen LogP contribution in [0.2, 0.25) is 0 Å². The maximum Gasteiger partial charge on any atom is 0.339 e. The first-order chi connectivity index (χ1) is 21.7. The fourth-order valence-electron chi connectivity index (χ4n) is 4.99. The Labute approximate surface area is 267 Å². The number of rotatable bonds is 33. The summed E-state index contributed by atoms with van der Waals surface area (Å²) in [5.74, 6) is -1.85. The first kappa shape index (κ1) is 40.0. The Balaban J connectivity index is 1.71. The normalized spacial score (nSPS) is 11.2. The predicted octanol–water partition coefficient (Wildman–Crippen LogP) is 8.65. The molecule has 0 amide bonds. The maximum atomic E-state index is 12.0. The van der Waals surface area contributed by atoms with Gasteiger partial charge in [0.25, 0.3) is 0 Å². The van der Waals surface area contributed by atoms with Crippen molar-refractivity contribution in [2.75, 3.05) is 59.5 Å². The molecule has 0 spiro atoms. The maximum absolute atomic E-state index is 12.0. The number of benzene rings is 1. The molecule has 0 bridgehead atoms. The molecule has 0 atom stereocenters. The van der Waals surface area contributed by atoms with Gasteiger partial charge in [0, 0.05) is 6.61 Å². The lowest BCUT2D eigenvalue weighted by molar-refractivity contribution is -0.00917. The Bertz CT molecular complexity index is 800. The highest BCUT2D eigenvalue weighted by molar-refractivity contribution is 6.02. The molecule has 0 aliphatic carbocycles. The molecule has 0 saturated heterocycles. The molecule has 1 aromatic rings. The van der Waals surface area contributed by atoms with Crippen LogP contribution in [0.1, 0.15) is 143 Å². The molecule has 8 nitrogen and oxygen atoms in total. The largest absolute Gasteiger partial charge is 0.478 e. The van der Waals surface area contributed by atoms with Crippen LogP contribution in [0, 0.1) is 0 Å². The van der Waals surface area contributed by atoms with Crippen LogP contribution in [0.15, 0.2) is 24.3 Å². The summed E-state index contributed by atoms with van der Waals surface area (Å²) in [4.78, 5) is 23.2. The number of aromatic carboxylic acids is 1. The van der Waals surface area contributed by atoms with E-state index in [4.69, 9.17) is 28.8 Å². The minimum Gasteiger partial charge on any atom is -0.478 e. The van der Waals surface area contributed by atoms with E-state index >= 15 is 0 Å². The molecule has 0 fully saturated rings. The van der Waals surface area contributed by atoms with Gasteiger partial charge in [-0.3, -0.25) is 0 Å². The predicted molar refractivity (Wildman–Crippen MR) is 176 cm³/mol. The summed E-state index contributed by atoms with van der Waals surface area (Å²) in [6.07, 6.45) is 24.9. The third-order valence-electron chi connectivity index (χ3n) is 7.60. The molecular weight excluding hydrogens is 560 g/mol. The Hall–Kier alpha value is -2.00. The smallest absolute Gasteiger partial charge is 0.339 e. The minimum atomic E-state index is -1.17. The van der Waals surface area contributed by atoms with Crippen LogP contribution in [-0.2, 0) is 23.7 Å². The fraction of sp³-hybridized carbons (Fsp3) is 0.778. The number of unbranched alkanes of at least 4 members (excludes halogenated alkanes) is 17. The van der Waals surface area contributed by atoms with Gasteiger partial charge in [-0.05, 0) is 18.6 Å². The minimum absolute atomic E-state index is 0.0271. The van der Waals surface area contributed by atoms with Crippen molar-refractivity contribution >= 4 is 11.9 Å². The standard InChI is InChI=1S/C36H62O8/c1-2-3-4-5-6-7-8-9-10-11-12-13-14-15-16-17-18-21-24-40-25-26-41-27-28-42-29-30-43-31-32-44-36(39)34-23-20-19-22-33(34)35(37)38/h19-20,22-23H,2-18,21,24-32H2,1H3,(H,37,38). The molecule has 0 unspecified atom stereocenters. The van der Waals surface area contributed by atoms with E-state index < -0.39 is 11.9 Å². The lowest BCUT2D eigenvalue weighted by Gasteiger charge is -2.09. The topological polar surface area (TPSA) is 101 Å². The van der Waals surface area contributed by atoms with Crippen molar-refractivity contribution in [2.45, 2.75) is 122 Å². The van der Waals surface area contributed by atoms with E-state index in [1.807, 2.05) is 0 Å². The Morgan fingerprint density at radius 3 is 1.23 bits per heavy atom. The molecule has 0 saturated carbocycles. The van der Waals surface area contributed by atoms with Gasteiger partial charge in [0.2, 0.25) is 0 Å². The average molecular weight is 623 g/mol. The molecule has 1 rings (SSSR count). The quantitative estimate of drug-likeness (QED) is 0.0614. The van der Waals surface area contributed by atoms with E-state index in [-0.39, 0.29) is 24.3 Å². The van der Waals surface area contributed by atoms with Crippen molar-refractivity contribution in [1.29, 1.82) is 0 Å². The van der Waals surface area contributed by atoms with Crippen LogP contribution in [-0.4, -0.2) is 76.5 Å². The molecular formula is C36H62O8. The summed E-state index contributed by atoms with van der Waals surface area (Å²) in [6.45, 7) is 6.26. The number of hydrogen-bond donors (Lipinski definition) is 1. The fourth-order valence-corrected chi connectivity index (χ4v) is 4.99. The molecule has 254 valence electrons. The summed E-state index contributed by atoms with van der Waals surface area (Å²) >= 11 is 0. The van der Waals surface area contributed by atoms with Gasteiger partial charge in [-0.2, -0.15) is 0 Å². The van der Waals surface area contributed by atoms with Gasteiger partial charge in [-0.1, -0.05) is 128 Å². The van der Waals surface area contributed by atoms with Crippen molar-refractivity contribution in [3.05, 3.63) is 35.4 Å². The number of esters is 1. The molecule has 8 heteroatoms. The molecule has 0 aromatic heterocycles. The van der Waals surface area contributed by atoms with Gasteiger partial charge in [0.1, 0.15) is 6.61 Å². The second kappa shape index (κ2) is 31.0. The van der Waals surface area contributed by atoms with Crippen LogP contribution < -0.4 is 0 Å². The molecule has 0 aliphatic rings. The highest BCUT2D eigenvalue weighted by atomic mass is 16.6. The van der Waals surface area contributed by atoms with Gasteiger partial charge in [-0.15, -0.1) is 0 Å². The van der Waals surface area contributed by atoms with Crippen molar-refractivity contribution in [1.82, 2.24) is 0 Å². The van der Waals surface area contributed by atoms with Crippen molar-refractivity contribution in [3.63, 3.8) is 0 Å². The molecule has 0 heterocycles. The van der Waals surface area contributed by atoms with Gasteiger partial charge >= 0.3 is 11.9 Å². The van der Waals surface area contributed by atoms with E-state index in [1.165, 1.54) is 121 Å². The second-order valence-electron chi connectivity index (χ2n) is 11.4. The van der Waals surface area contributed by atoms with E-state index in [0.717, 1.165) is 13.0 Å². The highest BCUT2D eigenvalue weighted by Crippen LogP contribution is 2.14. The van der Waals surface area contributed by atoms with E-state index in [2.05, 4.69) is 6.92 Å². The average Bonchev–Trinajstić information content (AvgIpc) is 3.03. The van der Waals surface area contributed by atoms with Crippen LogP contribution in [0.25, 0.3) is 0 Å². The zero-order chi connectivity index (χ0) is 31.8. The number of carboxylic acid groups (broad SMARTS) is 1. The van der Waals surface area contributed by atoms with Gasteiger partial charge in [0.05, 0.1) is 57.4 Å². The van der Waals surface area contributed by atoms with Gasteiger partial charge in [0.15, 0.2) is 0 Å². The molecule has 0 radical (unpaired) electrons. The SMILES string of the molecule is CCCCCCCCCCCCCCCCCCCCOCCOCCOCCOCCOC(=O)c1ccccc1C(=O)O.